The molecule has 1 saturated carbocycles. The van der Waals surface area contributed by atoms with Crippen LogP contribution < -0.4 is 5.32 Å². The van der Waals surface area contributed by atoms with E-state index in [-0.39, 0.29) is 0 Å². The molecule has 7 nitrogen and oxygen atoms in total. The van der Waals surface area contributed by atoms with Gasteiger partial charge in [-0.15, -0.1) is 5.10 Å². The Balaban J connectivity index is 1.57. The van der Waals surface area contributed by atoms with Crippen LogP contribution in [0.4, 0.5) is 0 Å². The van der Waals surface area contributed by atoms with Crippen LogP contribution in [0.5, 0.6) is 0 Å². The maximum atomic E-state index is 5.30. The van der Waals surface area contributed by atoms with Gasteiger partial charge in [0.05, 0.1) is 12.2 Å². The van der Waals surface area contributed by atoms with Crippen molar-refractivity contribution in [1.29, 1.82) is 0 Å². The van der Waals surface area contributed by atoms with Crippen LogP contribution in [0.3, 0.4) is 0 Å². The zero-order valence-electron chi connectivity index (χ0n) is 11.0. The summed E-state index contributed by atoms with van der Waals surface area (Å²) in [4.78, 5) is 4.45. The molecule has 0 radical (unpaired) electrons. The first-order chi connectivity index (χ1) is 9.13. The third kappa shape index (κ3) is 1.76. The molecule has 2 aromatic rings. The van der Waals surface area contributed by atoms with Gasteiger partial charge in [-0.3, -0.25) is 0 Å². The van der Waals surface area contributed by atoms with E-state index >= 15 is 0 Å². The first kappa shape index (κ1) is 11.1. The van der Waals surface area contributed by atoms with E-state index in [1.54, 1.807) is 0 Å². The standard InChI is InChI=1S/C12H16N6O/c1-12(2)3-8(12)10-14-11(19-16-10)9-6-18(17-15-9)7-4-13-5-7/h6-8,13H,3-5H2,1-2H3. The minimum absolute atomic E-state index is 0.302. The molecule has 1 N–H and O–H groups in total. The van der Waals surface area contributed by atoms with Gasteiger partial charge in [0.15, 0.2) is 11.5 Å². The summed E-state index contributed by atoms with van der Waals surface area (Å²) in [5, 5.41) is 15.5. The van der Waals surface area contributed by atoms with Crippen LogP contribution in [-0.2, 0) is 0 Å². The van der Waals surface area contributed by atoms with Crippen molar-refractivity contribution in [3.05, 3.63) is 12.0 Å². The van der Waals surface area contributed by atoms with E-state index in [4.69, 9.17) is 4.52 Å². The van der Waals surface area contributed by atoms with Crippen molar-refractivity contribution >= 4 is 0 Å². The average Bonchev–Trinajstić information content (AvgIpc) is 2.75. The SMILES string of the molecule is CC1(C)CC1c1noc(-c2cn(C3CNC3)nn2)n1. The zero-order chi connectivity index (χ0) is 13.0. The number of rotatable bonds is 3. The second-order valence-corrected chi connectivity index (χ2v) is 6.10. The van der Waals surface area contributed by atoms with E-state index in [9.17, 15) is 0 Å². The molecule has 19 heavy (non-hydrogen) atoms. The summed E-state index contributed by atoms with van der Waals surface area (Å²) in [6.07, 6.45) is 2.99. The monoisotopic (exact) mass is 260 g/mol. The Morgan fingerprint density at radius 2 is 2.21 bits per heavy atom. The van der Waals surface area contributed by atoms with E-state index in [0.29, 0.717) is 29.0 Å². The fraction of sp³-hybridized carbons (Fsp3) is 0.667. The van der Waals surface area contributed by atoms with Gasteiger partial charge in [0, 0.05) is 19.0 Å². The fourth-order valence-corrected chi connectivity index (χ4v) is 2.40. The lowest BCUT2D eigenvalue weighted by molar-refractivity contribution is 0.313. The maximum Gasteiger partial charge on any atom is 0.280 e. The summed E-state index contributed by atoms with van der Waals surface area (Å²) >= 11 is 0. The number of hydrogen-bond acceptors (Lipinski definition) is 6. The van der Waals surface area contributed by atoms with Crippen LogP contribution in [-0.4, -0.2) is 38.2 Å². The van der Waals surface area contributed by atoms with Crippen LogP contribution in [0.1, 0.15) is 38.1 Å². The molecule has 1 atom stereocenters. The predicted octanol–water partition coefficient (Wildman–Crippen LogP) is 0.986. The van der Waals surface area contributed by atoms with Gasteiger partial charge < -0.3 is 9.84 Å². The third-order valence-electron chi connectivity index (χ3n) is 4.13. The van der Waals surface area contributed by atoms with Gasteiger partial charge in [-0.1, -0.05) is 24.2 Å². The third-order valence-corrected chi connectivity index (χ3v) is 4.13. The minimum atomic E-state index is 0.302. The lowest BCUT2D eigenvalue weighted by Crippen LogP contribution is -2.43. The van der Waals surface area contributed by atoms with Gasteiger partial charge in [-0.25, -0.2) is 4.68 Å². The fourth-order valence-electron chi connectivity index (χ4n) is 2.40. The Bertz CT molecular complexity index is 611. The van der Waals surface area contributed by atoms with E-state index in [1.807, 2.05) is 10.9 Å². The second-order valence-electron chi connectivity index (χ2n) is 6.10. The van der Waals surface area contributed by atoms with Crippen LogP contribution in [0, 0.1) is 5.41 Å². The smallest absolute Gasteiger partial charge is 0.280 e. The molecule has 2 fully saturated rings. The Hall–Kier alpha value is -1.76. The van der Waals surface area contributed by atoms with E-state index in [2.05, 4.69) is 39.6 Å². The molecule has 3 heterocycles. The molecule has 7 heteroatoms. The quantitative estimate of drug-likeness (QED) is 0.886. The molecule has 0 spiro atoms. The van der Waals surface area contributed by atoms with E-state index in [1.165, 1.54) is 0 Å². The predicted molar refractivity (Wildman–Crippen MR) is 66.4 cm³/mol. The molecular weight excluding hydrogens is 244 g/mol. The molecule has 0 bridgehead atoms. The van der Waals surface area contributed by atoms with Gasteiger partial charge in [0.25, 0.3) is 5.89 Å². The summed E-state index contributed by atoms with van der Waals surface area (Å²) in [5.74, 6) is 1.67. The molecular formula is C12H16N6O. The van der Waals surface area contributed by atoms with Crippen molar-refractivity contribution in [3.63, 3.8) is 0 Å². The molecule has 0 amide bonds. The van der Waals surface area contributed by atoms with Gasteiger partial charge in [-0.05, 0) is 11.8 Å². The first-order valence-corrected chi connectivity index (χ1v) is 6.60. The molecule has 2 aliphatic rings. The average molecular weight is 260 g/mol. The number of nitrogens with zero attached hydrogens (tertiary/aromatic N) is 5. The van der Waals surface area contributed by atoms with Crippen molar-refractivity contribution < 1.29 is 4.52 Å². The molecule has 1 aliphatic heterocycles. The van der Waals surface area contributed by atoms with Crippen molar-refractivity contribution in [1.82, 2.24) is 30.5 Å². The zero-order valence-corrected chi connectivity index (χ0v) is 11.0. The van der Waals surface area contributed by atoms with Gasteiger partial charge >= 0.3 is 0 Å². The summed E-state index contributed by atoms with van der Waals surface area (Å²) in [5.41, 5.74) is 0.959. The first-order valence-electron chi connectivity index (χ1n) is 6.60. The highest BCUT2D eigenvalue weighted by molar-refractivity contribution is 5.44. The number of nitrogens with one attached hydrogen (secondary N) is 1. The summed E-state index contributed by atoms with van der Waals surface area (Å²) in [7, 11) is 0. The highest BCUT2D eigenvalue weighted by Crippen LogP contribution is 2.57. The Morgan fingerprint density at radius 1 is 1.42 bits per heavy atom. The van der Waals surface area contributed by atoms with Crippen molar-refractivity contribution in [2.24, 2.45) is 5.41 Å². The van der Waals surface area contributed by atoms with Crippen LogP contribution in [0.15, 0.2) is 10.7 Å². The number of hydrogen-bond donors (Lipinski definition) is 1. The normalized spacial score (nSPS) is 25.3. The lowest BCUT2D eigenvalue weighted by Gasteiger charge is -2.26. The van der Waals surface area contributed by atoms with E-state index < -0.39 is 0 Å². The van der Waals surface area contributed by atoms with Crippen LogP contribution in [0.25, 0.3) is 11.6 Å². The Kier molecular flexibility index (Phi) is 2.12. The van der Waals surface area contributed by atoms with Gasteiger partial charge in [-0.2, -0.15) is 4.98 Å². The van der Waals surface area contributed by atoms with Gasteiger partial charge in [0.1, 0.15) is 0 Å². The van der Waals surface area contributed by atoms with Crippen molar-refractivity contribution in [2.75, 3.05) is 13.1 Å². The molecule has 1 saturated heterocycles. The molecule has 1 unspecified atom stereocenters. The number of aromatic nitrogens is 5. The topological polar surface area (TPSA) is 81.7 Å². The molecule has 4 rings (SSSR count). The van der Waals surface area contributed by atoms with Crippen molar-refractivity contribution in [3.8, 4) is 11.6 Å². The summed E-state index contributed by atoms with van der Waals surface area (Å²) in [6.45, 7) is 6.31. The highest BCUT2D eigenvalue weighted by atomic mass is 16.5. The van der Waals surface area contributed by atoms with Gasteiger partial charge in [0.2, 0.25) is 0 Å². The summed E-state index contributed by atoms with van der Waals surface area (Å²) in [6, 6.07) is 0.394. The molecule has 100 valence electrons. The Labute approximate surface area is 110 Å². The second kappa shape index (κ2) is 3.63. The minimum Gasteiger partial charge on any atom is -0.332 e. The maximum absolute atomic E-state index is 5.30. The van der Waals surface area contributed by atoms with Crippen LogP contribution >= 0.6 is 0 Å². The molecule has 1 aliphatic carbocycles. The highest BCUT2D eigenvalue weighted by Gasteiger charge is 2.49. The summed E-state index contributed by atoms with van der Waals surface area (Å²) < 4.78 is 7.16. The van der Waals surface area contributed by atoms with Crippen LogP contribution in [0.2, 0.25) is 0 Å². The molecule has 0 aromatic carbocycles. The molecule has 2 aromatic heterocycles. The Morgan fingerprint density at radius 3 is 2.84 bits per heavy atom. The largest absolute Gasteiger partial charge is 0.332 e. The van der Waals surface area contributed by atoms with E-state index in [0.717, 1.165) is 25.3 Å². The lowest BCUT2D eigenvalue weighted by atomic mass is 10.1. The van der Waals surface area contributed by atoms with Crippen molar-refractivity contribution in [2.45, 2.75) is 32.2 Å².